The SMILES string of the molecule is CC(=O)N(C(C)=O)n1c(C)nc2c([nH]c3nc4ccccc4nc32)c1=O. The maximum Gasteiger partial charge on any atom is 0.297 e. The fourth-order valence-corrected chi connectivity index (χ4v) is 3.01. The summed E-state index contributed by atoms with van der Waals surface area (Å²) >= 11 is 0. The predicted molar refractivity (Wildman–Crippen MR) is 95.3 cm³/mol. The molecule has 0 unspecified atom stereocenters. The van der Waals surface area contributed by atoms with E-state index >= 15 is 0 Å². The normalized spacial score (nSPS) is 11.3. The van der Waals surface area contributed by atoms with Crippen molar-refractivity contribution in [3.8, 4) is 0 Å². The third kappa shape index (κ3) is 2.17. The maximum atomic E-state index is 13.0. The van der Waals surface area contributed by atoms with Crippen LogP contribution in [-0.2, 0) is 9.59 Å². The highest BCUT2D eigenvalue weighted by molar-refractivity contribution is 6.07. The van der Waals surface area contributed by atoms with E-state index < -0.39 is 17.4 Å². The molecule has 0 saturated heterocycles. The molecule has 9 heteroatoms. The van der Waals surface area contributed by atoms with Crippen molar-refractivity contribution in [3.63, 3.8) is 0 Å². The highest BCUT2D eigenvalue weighted by Gasteiger charge is 2.23. The number of H-pyrrole nitrogens is 1. The first-order chi connectivity index (χ1) is 12.4. The number of aromatic nitrogens is 5. The van der Waals surface area contributed by atoms with E-state index in [-0.39, 0.29) is 11.3 Å². The quantitative estimate of drug-likeness (QED) is 0.551. The summed E-state index contributed by atoms with van der Waals surface area (Å²) in [6.45, 7) is 3.96. The molecule has 3 aromatic heterocycles. The largest absolute Gasteiger partial charge is 0.332 e. The second-order valence-electron chi connectivity index (χ2n) is 5.88. The molecule has 0 saturated carbocycles. The van der Waals surface area contributed by atoms with Crippen LogP contribution in [0.3, 0.4) is 0 Å². The first-order valence-electron chi connectivity index (χ1n) is 7.88. The molecular formula is C17H14N6O3. The minimum absolute atomic E-state index is 0.133. The van der Waals surface area contributed by atoms with Gasteiger partial charge in [-0.25, -0.2) is 15.0 Å². The lowest BCUT2D eigenvalue weighted by atomic mass is 10.3. The van der Waals surface area contributed by atoms with E-state index in [9.17, 15) is 14.4 Å². The van der Waals surface area contributed by atoms with Gasteiger partial charge in [-0.2, -0.15) is 9.69 Å². The molecule has 0 aliphatic heterocycles. The van der Waals surface area contributed by atoms with Gasteiger partial charge in [0.25, 0.3) is 5.56 Å². The Morgan fingerprint density at radius 2 is 1.62 bits per heavy atom. The van der Waals surface area contributed by atoms with Crippen molar-refractivity contribution in [2.75, 3.05) is 5.01 Å². The van der Waals surface area contributed by atoms with Crippen molar-refractivity contribution in [2.24, 2.45) is 0 Å². The molecule has 0 bridgehead atoms. The zero-order chi connectivity index (χ0) is 18.6. The topological polar surface area (TPSA) is 114 Å². The Bertz CT molecular complexity index is 1270. The van der Waals surface area contributed by atoms with E-state index in [0.29, 0.717) is 27.7 Å². The van der Waals surface area contributed by atoms with Crippen LogP contribution in [-0.4, -0.2) is 36.4 Å². The van der Waals surface area contributed by atoms with E-state index in [1.807, 2.05) is 24.3 Å². The average Bonchev–Trinajstić information content (AvgIpc) is 2.93. The van der Waals surface area contributed by atoms with Crippen LogP contribution in [0.1, 0.15) is 19.7 Å². The van der Waals surface area contributed by atoms with Gasteiger partial charge in [-0.05, 0) is 19.1 Å². The molecule has 4 rings (SSSR count). The molecule has 0 aliphatic carbocycles. The monoisotopic (exact) mass is 350 g/mol. The maximum absolute atomic E-state index is 13.0. The molecule has 4 aromatic rings. The summed E-state index contributed by atoms with van der Waals surface area (Å²) in [6, 6.07) is 7.33. The Balaban J connectivity index is 2.11. The van der Waals surface area contributed by atoms with Gasteiger partial charge in [-0.1, -0.05) is 12.1 Å². The second-order valence-corrected chi connectivity index (χ2v) is 5.88. The third-order valence-corrected chi connectivity index (χ3v) is 4.06. The molecule has 0 radical (unpaired) electrons. The number of fused-ring (bicyclic) bond motifs is 4. The summed E-state index contributed by atoms with van der Waals surface area (Å²) in [5, 5.41) is 0.757. The molecule has 1 N–H and O–H groups in total. The number of nitrogens with zero attached hydrogens (tertiary/aromatic N) is 5. The molecule has 0 fully saturated rings. The van der Waals surface area contributed by atoms with Crippen LogP contribution in [0.5, 0.6) is 0 Å². The number of rotatable bonds is 1. The number of imide groups is 1. The van der Waals surface area contributed by atoms with Crippen LogP contribution in [0.2, 0.25) is 0 Å². The van der Waals surface area contributed by atoms with Crippen LogP contribution in [0, 0.1) is 6.92 Å². The zero-order valence-electron chi connectivity index (χ0n) is 14.3. The lowest BCUT2D eigenvalue weighted by molar-refractivity contribution is -0.126. The lowest BCUT2D eigenvalue weighted by Crippen LogP contribution is -2.49. The van der Waals surface area contributed by atoms with E-state index in [1.165, 1.54) is 13.8 Å². The predicted octanol–water partition coefficient (Wildman–Crippen LogP) is 1.16. The van der Waals surface area contributed by atoms with Crippen molar-refractivity contribution in [3.05, 3.63) is 40.4 Å². The number of aromatic amines is 1. The third-order valence-electron chi connectivity index (χ3n) is 4.06. The highest BCUT2D eigenvalue weighted by atomic mass is 16.2. The molecule has 0 spiro atoms. The number of hydrogen-bond donors (Lipinski definition) is 1. The summed E-state index contributed by atoms with van der Waals surface area (Å²) in [6.07, 6.45) is 0. The lowest BCUT2D eigenvalue weighted by Gasteiger charge is -2.20. The van der Waals surface area contributed by atoms with Gasteiger partial charge in [0.05, 0.1) is 11.0 Å². The number of aryl methyl sites for hydroxylation is 1. The fraction of sp³-hybridized carbons (Fsp3) is 0.176. The van der Waals surface area contributed by atoms with Crippen molar-refractivity contribution >= 4 is 45.0 Å². The van der Waals surface area contributed by atoms with Crippen molar-refractivity contribution in [1.82, 2.24) is 24.6 Å². The van der Waals surface area contributed by atoms with Gasteiger partial charge in [0, 0.05) is 13.8 Å². The Labute approximate surface area is 146 Å². The fourth-order valence-electron chi connectivity index (χ4n) is 3.01. The van der Waals surface area contributed by atoms with Gasteiger partial charge in [0.2, 0.25) is 11.8 Å². The second kappa shape index (κ2) is 5.45. The molecular weight excluding hydrogens is 336 g/mol. The summed E-state index contributed by atoms with van der Waals surface area (Å²) in [5.74, 6) is -0.965. The van der Waals surface area contributed by atoms with Gasteiger partial charge in [0.1, 0.15) is 22.4 Å². The number of benzene rings is 1. The van der Waals surface area contributed by atoms with Crippen molar-refractivity contribution in [2.45, 2.75) is 20.8 Å². The summed E-state index contributed by atoms with van der Waals surface area (Å²) in [5.41, 5.74) is 2.15. The van der Waals surface area contributed by atoms with Gasteiger partial charge >= 0.3 is 0 Å². The van der Waals surface area contributed by atoms with Crippen LogP contribution < -0.4 is 10.6 Å². The molecule has 1 aromatic carbocycles. The van der Waals surface area contributed by atoms with Gasteiger partial charge in [0.15, 0.2) is 5.65 Å². The Hall–Kier alpha value is -3.62. The van der Waals surface area contributed by atoms with Gasteiger partial charge in [-0.15, -0.1) is 0 Å². The van der Waals surface area contributed by atoms with E-state index in [1.54, 1.807) is 6.92 Å². The molecule has 0 atom stereocenters. The number of amides is 2. The molecule has 26 heavy (non-hydrogen) atoms. The smallest absolute Gasteiger partial charge is 0.297 e. The first-order valence-corrected chi connectivity index (χ1v) is 7.88. The first kappa shape index (κ1) is 15.9. The number of carbonyl (C=O) groups is 2. The Morgan fingerprint density at radius 3 is 2.23 bits per heavy atom. The molecule has 3 heterocycles. The molecule has 0 aliphatic rings. The minimum Gasteiger partial charge on any atom is -0.332 e. The van der Waals surface area contributed by atoms with E-state index in [4.69, 9.17) is 0 Å². The molecule has 2 amide bonds. The van der Waals surface area contributed by atoms with Crippen molar-refractivity contribution < 1.29 is 9.59 Å². The van der Waals surface area contributed by atoms with Crippen LogP contribution in [0.25, 0.3) is 33.2 Å². The number of para-hydroxylation sites is 2. The minimum atomic E-state index is -0.582. The van der Waals surface area contributed by atoms with Crippen LogP contribution in [0.4, 0.5) is 0 Å². The zero-order valence-corrected chi connectivity index (χ0v) is 14.3. The van der Waals surface area contributed by atoms with Crippen LogP contribution in [0.15, 0.2) is 29.1 Å². The number of hydrogen-bond acceptors (Lipinski definition) is 6. The molecule has 9 nitrogen and oxygen atoms in total. The number of nitrogens with one attached hydrogen (secondary N) is 1. The van der Waals surface area contributed by atoms with E-state index in [2.05, 4.69) is 19.9 Å². The van der Waals surface area contributed by atoms with Gasteiger partial charge < -0.3 is 4.98 Å². The summed E-state index contributed by atoms with van der Waals surface area (Å²) in [7, 11) is 0. The van der Waals surface area contributed by atoms with Gasteiger partial charge in [-0.3, -0.25) is 14.4 Å². The summed E-state index contributed by atoms with van der Waals surface area (Å²) < 4.78 is 0.960. The Kier molecular flexibility index (Phi) is 3.33. The summed E-state index contributed by atoms with van der Waals surface area (Å²) in [4.78, 5) is 53.0. The van der Waals surface area contributed by atoms with Crippen molar-refractivity contribution in [1.29, 1.82) is 0 Å². The van der Waals surface area contributed by atoms with Crippen LogP contribution >= 0.6 is 0 Å². The average molecular weight is 350 g/mol. The standard InChI is InChI=1S/C17H14N6O3/c1-8-18-13-14-16(20-12-7-5-4-6-11(12)19-14)21-15(13)17(26)22(8)23(9(2)24)10(3)25/h4-7H,1-3H3,(H,20,21). The highest BCUT2D eigenvalue weighted by Crippen LogP contribution is 2.21. The molecule has 130 valence electrons. The number of carbonyl (C=O) groups excluding carboxylic acids is 2. The van der Waals surface area contributed by atoms with E-state index in [0.717, 1.165) is 9.69 Å². The Morgan fingerprint density at radius 1 is 1.00 bits per heavy atom.